The molecule has 1 aromatic carbocycles. The van der Waals surface area contributed by atoms with Gasteiger partial charge in [0.1, 0.15) is 6.61 Å². The summed E-state index contributed by atoms with van der Waals surface area (Å²) in [5.41, 5.74) is 7.10. The maximum atomic E-state index is 11.6. The average molecular weight is 348 g/mol. The number of nitrogens with one attached hydrogen (secondary N) is 1. The van der Waals surface area contributed by atoms with Crippen LogP contribution < -0.4 is 11.1 Å². The van der Waals surface area contributed by atoms with Gasteiger partial charge in [-0.2, -0.15) is 0 Å². The molecule has 4 N–H and O–H groups in total. The molecule has 1 saturated carbocycles. The highest BCUT2D eigenvalue weighted by Gasteiger charge is 2.21. The van der Waals surface area contributed by atoms with E-state index in [0.29, 0.717) is 25.3 Å². The third-order valence-electron chi connectivity index (χ3n) is 4.98. The van der Waals surface area contributed by atoms with E-state index in [-0.39, 0.29) is 12.6 Å². The topological polar surface area (TPSA) is 84.6 Å². The van der Waals surface area contributed by atoms with E-state index in [2.05, 4.69) is 5.32 Å². The number of carbonyl (C=O) groups excluding carboxylic acids is 1. The molecule has 140 valence electrons. The Hall–Kier alpha value is -1.59. The number of amides is 1. The van der Waals surface area contributed by atoms with Gasteiger partial charge in [0, 0.05) is 12.6 Å². The quantitative estimate of drug-likeness (QED) is 0.598. The predicted octanol–water partition coefficient (Wildman–Crippen LogP) is 3.35. The van der Waals surface area contributed by atoms with E-state index in [9.17, 15) is 9.90 Å². The van der Waals surface area contributed by atoms with Crippen molar-refractivity contribution in [3.05, 3.63) is 35.9 Å². The second-order valence-corrected chi connectivity index (χ2v) is 7.10. The van der Waals surface area contributed by atoms with Crippen LogP contribution in [-0.2, 0) is 11.3 Å². The van der Waals surface area contributed by atoms with Gasteiger partial charge in [-0.15, -0.1) is 0 Å². The molecule has 0 saturated heterocycles. The first-order valence-corrected chi connectivity index (χ1v) is 9.53. The van der Waals surface area contributed by atoms with Crippen LogP contribution >= 0.6 is 0 Å². The first-order chi connectivity index (χ1) is 12.1. The van der Waals surface area contributed by atoms with Gasteiger partial charge in [-0.1, -0.05) is 62.4 Å². The van der Waals surface area contributed by atoms with Crippen molar-refractivity contribution in [2.24, 2.45) is 11.7 Å². The van der Waals surface area contributed by atoms with E-state index in [1.54, 1.807) is 0 Å². The fourth-order valence-electron chi connectivity index (χ4n) is 3.45. The Morgan fingerprint density at radius 1 is 1.24 bits per heavy atom. The zero-order chi connectivity index (χ0) is 17.9. The van der Waals surface area contributed by atoms with Crippen molar-refractivity contribution in [2.45, 2.75) is 70.1 Å². The van der Waals surface area contributed by atoms with Crippen molar-refractivity contribution in [3.63, 3.8) is 0 Å². The molecule has 2 rings (SSSR count). The number of carbonyl (C=O) groups is 1. The predicted molar refractivity (Wildman–Crippen MR) is 99.0 cm³/mol. The highest BCUT2D eigenvalue weighted by atomic mass is 16.5. The van der Waals surface area contributed by atoms with E-state index in [1.165, 1.54) is 32.1 Å². The minimum absolute atomic E-state index is 0.159. The molecule has 0 bridgehead atoms. The Morgan fingerprint density at radius 2 is 1.96 bits per heavy atom. The van der Waals surface area contributed by atoms with Crippen molar-refractivity contribution in [1.29, 1.82) is 0 Å². The standard InChI is InChI=1S/C20H32N2O3/c21-18(14-16-8-3-1-4-9-16)19(23)12-7-13-22-20(24)25-15-17-10-5-2-6-11-17/h2,5-6,10-11,16,18-19,23H,1,3-4,7-9,12-15,21H2,(H,22,24)/t18-,19-/m0/s1. The normalized spacial score (nSPS) is 17.7. The maximum Gasteiger partial charge on any atom is 0.407 e. The summed E-state index contributed by atoms with van der Waals surface area (Å²) >= 11 is 0. The first-order valence-electron chi connectivity index (χ1n) is 9.53. The third kappa shape index (κ3) is 7.88. The summed E-state index contributed by atoms with van der Waals surface area (Å²) in [6.45, 7) is 0.752. The number of aliphatic hydroxyl groups is 1. The fraction of sp³-hybridized carbons (Fsp3) is 0.650. The Kier molecular flexibility index (Phi) is 8.77. The molecule has 0 unspecified atom stereocenters. The van der Waals surface area contributed by atoms with Crippen LogP contribution in [0.2, 0.25) is 0 Å². The summed E-state index contributed by atoms with van der Waals surface area (Å²) in [7, 11) is 0. The zero-order valence-electron chi connectivity index (χ0n) is 15.0. The highest BCUT2D eigenvalue weighted by Crippen LogP contribution is 2.27. The summed E-state index contributed by atoms with van der Waals surface area (Å²) in [5.74, 6) is 0.671. The van der Waals surface area contributed by atoms with Gasteiger partial charge in [0.25, 0.3) is 0 Å². The fourth-order valence-corrected chi connectivity index (χ4v) is 3.45. The van der Waals surface area contributed by atoms with Gasteiger partial charge in [-0.25, -0.2) is 4.79 Å². The molecular weight excluding hydrogens is 316 g/mol. The number of nitrogens with two attached hydrogens (primary N) is 1. The molecule has 1 fully saturated rings. The molecule has 5 heteroatoms. The van der Waals surface area contributed by atoms with E-state index in [4.69, 9.17) is 10.5 Å². The molecule has 0 aromatic heterocycles. The second kappa shape index (κ2) is 11.1. The van der Waals surface area contributed by atoms with Crippen LogP contribution in [0.1, 0.15) is 56.9 Å². The molecule has 0 aliphatic heterocycles. The molecule has 1 amide bonds. The largest absolute Gasteiger partial charge is 0.445 e. The summed E-state index contributed by atoms with van der Waals surface area (Å²) in [4.78, 5) is 11.6. The maximum absolute atomic E-state index is 11.6. The second-order valence-electron chi connectivity index (χ2n) is 7.10. The van der Waals surface area contributed by atoms with E-state index < -0.39 is 12.2 Å². The summed E-state index contributed by atoms with van der Waals surface area (Å²) in [6, 6.07) is 9.42. The summed E-state index contributed by atoms with van der Waals surface area (Å²) in [5, 5.41) is 12.9. The molecule has 1 aromatic rings. The Bertz CT molecular complexity index is 489. The lowest BCUT2D eigenvalue weighted by Crippen LogP contribution is -2.37. The van der Waals surface area contributed by atoms with E-state index >= 15 is 0 Å². The minimum atomic E-state index is -0.496. The zero-order valence-corrected chi connectivity index (χ0v) is 15.0. The average Bonchev–Trinajstić information content (AvgIpc) is 2.65. The van der Waals surface area contributed by atoms with Crippen molar-refractivity contribution in [3.8, 4) is 0 Å². The molecule has 0 heterocycles. The lowest BCUT2D eigenvalue weighted by Gasteiger charge is -2.27. The van der Waals surface area contributed by atoms with Crippen LogP contribution in [0.3, 0.4) is 0 Å². The van der Waals surface area contributed by atoms with Gasteiger partial charge in [-0.3, -0.25) is 0 Å². The Balaban J connectivity index is 1.53. The third-order valence-corrected chi connectivity index (χ3v) is 4.98. The van der Waals surface area contributed by atoms with Crippen molar-refractivity contribution in [2.75, 3.05) is 6.54 Å². The summed E-state index contributed by atoms with van der Waals surface area (Å²) in [6.07, 6.45) is 7.70. The first kappa shape index (κ1) is 19.7. The molecule has 25 heavy (non-hydrogen) atoms. The van der Waals surface area contributed by atoms with E-state index in [0.717, 1.165) is 12.0 Å². The van der Waals surface area contributed by atoms with Crippen LogP contribution in [0.4, 0.5) is 4.79 Å². The highest BCUT2D eigenvalue weighted by molar-refractivity contribution is 5.67. The minimum Gasteiger partial charge on any atom is -0.445 e. The van der Waals surface area contributed by atoms with Gasteiger partial charge >= 0.3 is 6.09 Å². The van der Waals surface area contributed by atoms with Crippen LogP contribution in [0.15, 0.2) is 30.3 Å². The van der Waals surface area contributed by atoms with Crippen molar-refractivity contribution >= 4 is 6.09 Å². The van der Waals surface area contributed by atoms with Gasteiger partial charge < -0.3 is 20.9 Å². The molecule has 1 aliphatic rings. The lowest BCUT2D eigenvalue weighted by molar-refractivity contribution is 0.114. The monoisotopic (exact) mass is 348 g/mol. The Labute approximate surface area is 150 Å². The van der Waals surface area contributed by atoms with Crippen LogP contribution in [0.5, 0.6) is 0 Å². The van der Waals surface area contributed by atoms with Gasteiger partial charge in [0.15, 0.2) is 0 Å². The molecule has 0 spiro atoms. The lowest BCUT2D eigenvalue weighted by atomic mass is 9.83. The van der Waals surface area contributed by atoms with Crippen LogP contribution in [0.25, 0.3) is 0 Å². The smallest absolute Gasteiger partial charge is 0.407 e. The van der Waals surface area contributed by atoms with Crippen LogP contribution in [-0.4, -0.2) is 29.9 Å². The Morgan fingerprint density at radius 3 is 2.68 bits per heavy atom. The molecule has 0 radical (unpaired) electrons. The molecule has 5 nitrogen and oxygen atoms in total. The number of aliphatic hydroxyl groups excluding tert-OH is 1. The number of hydrogen-bond donors (Lipinski definition) is 3. The molecular formula is C20H32N2O3. The SMILES string of the molecule is N[C@@H](CC1CCCCC1)[C@@H](O)CCCNC(=O)OCc1ccccc1. The number of benzene rings is 1. The van der Waals surface area contributed by atoms with Gasteiger partial charge in [-0.05, 0) is 30.7 Å². The number of rotatable bonds is 9. The van der Waals surface area contributed by atoms with Gasteiger partial charge in [0.05, 0.1) is 6.10 Å². The van der Waals surface area contributed by atoms with Crippen molar-refractivity contribution in [1.82, 2.24) is 5.32 Å². The van der Waals surface area contributed by atoms with Gasteiger partial charge in [0.2, 0.25) is 0 Å². The van der Waals surface area contributed by atoms with Crippen LogP contribution in [0, 0.1) is 5.92 Å². The molecule has 2 atom stereocenters. The number of ether oxygens (including phenoxy) is 1. The number of alkyl carbamates (subject to hydrolysis) is 1. The van der Waals surface area contributed by atoms with E-state index in [1.807, 2.05) is 30.3 Å². The number of hydrogen-bond acceptors (Lipinski definition) is 4. The molecule has 1 aliphatic carbocycles. The summed E-state index contributed by atoms with van der Waals surface area (Å²) < 4.78 is 5.15. The van der Waals surface area contributed by atoms with Crippen molar-refractivity contribution < 1.29 is 14.6 Å².